The highest BCUT2D eigenvalue weighted by atomic mass is 16.5. The topological polar surface area (TPSA) is 62.7 Å². The zero-order valence-corrected chi connectivity index (χ0v) is 13.2. The molecule has 0 bridgehead atoms. The lowest BCUT2D eigenvalue weighted by Crippen LogP contribution is -2.25. The van der Waals surface area contributed by atoms with Crippen molar-refractivity contribution in [2.75, 3.05) is 19.0 Å². The largest absolute Gasteiger partial charge is 0.497 e. The highest BCUT2D eigenvalue weighted by Crippen LogP contribution is 2.14. The second-order valence-corrected chi connectivity index (χ2v) is 4.95. The van der Waals surface area contributed by atoms with E-state index < -0.39 is 0 Å². The molecule has 0 aliphatic heterocycles. The normalized spacial score (nSPS) is 10.5. The van der Waals surface area contributed by atoms with Gasteiger partial charge in [0.15, 0.2) is 0 Å². The smallest absolute Gasteiger partial charge is 0.259 e. The van der Waals surface area contributed by atoms with Gasteiger partial charge in [-0.3, -0.25) is 4.79 Å². The molecule has 2 rings (SSSR count). The van der Waals surface area contributed by atoms with Crippen molar-refractivity contribution >= 4 is 17.8 Å². The van der Waals surface area contributed by atoms with Crippen molar-refractivity contribution in [3.8, 4) is 5.75 Å². The van der Waals surface area contributed by atoms with Crippen LogP contribution in [-0.4, -0.2) is 25.8 Å². The Morgan fingerprint density at radius 3 is 2.57 bits per heavy atom. The summed E-state index contributed by atoms with van der Waals surface area (Å²) < 4.78 is 5.08. The van der Waals surface area contributed by atoms with Crippen molar-refractivity contribution in [1.29, 1.82) is 0 Å². The van der Waals surface area contributed by atoms with Crippen molar-refractivity contribution in [1.82, 2.24) is 5.43 Å². The van der Waals surface area contributed by atoms with Gasteiger partial charge in [-0.05, 0) is 42.7 Å². The van der Waals surface area contributed by atoms with E-state index in [1.165, 1.54) is 5.56 Å². The van der Waals surface area contributed by atoms with Crippen molar-refractivity contribution in [3.63, 3.8) is 0 Å². The van der Waals surface area contributed by atoms with E-state index in [1.54, 1.807) is 13.3 Å². The summed E-state index contributed by atoms with van der Waals surface area (Å²) in [6, 6.07) is 17.6. The van der Waals surface area contributed by atoms with Crippen LogP contribution in [0, 0.1) is 0 Å². The third kappa shape index (κ3) is 6.22. The van der Waals surface area contributed by atoms with Crippen LogP contribution in [0.5, 0.6) is 5.75 Å². The van der Waals surface area contributed by atoms with Crippen molar-refractivity contribution < 1.29 is 9.53 Å². The summed E-state index contributed by atoms with van der Waals surface area (Å²) in [6.07, 6.45) is 3.42. The molecule has 0 fully saturated rings. The summed E-state index contributed by atoms with van der Waals surface area (Å²) in [5, 5.41) is 6.96. The van der Waals surface area contributed by atoms with Gasteiger partial charge < -0.3 is 10.1 Å². The average molecular weight is 311 g/mol. The SMILES string of the molecule is COc1ccc(NCC(=O)N/N=C/CCc2ccccc2)cc1. The van der Waals surface area contributed by atoms with E-state index in [4.69, 9.17) is 4.74 Å². The molecule has 2 aromatic rings. The minimum Gasteiger partial charge on any atom is -0.497 e. The third-order valence-corrected chi connectivity index (χ3v) is 3.23. The van der Waals surface area contributed by atoms with Crippen LogP contribution >= 0.6 is 0 Å². The van der Waals surface area contributed by atoms with Crippen molar-refractivity contribution in [3.05, 3.63) is 60.2 Å². The molecule has 5 nitrogen and oxygen atoms in total. The number of rotatable bonds is 8. The number of anilines is 1. The Labute approximate surface area is 136 Å². The van der Waals surface area contributed by atoms with Crippen LogP contribution in [-0.2, 0) is 11.2 Å². The Morgan fingerprint density at radius 2 is 1.87 bits per heavy atom. The Bertz CT molecular complexity index is 624. The number of aryl methyl sites for hydroxylation is 1. The van der Waals surface area contributed by atoms with Gasteiger partial charge in [-0.25, -0.2) is 5.43 Å². The fourth-order valence-corrected chi connectivity index (χ4v) is 1.99. The van der Waals surface area contributed by atoms with E-state index in [1.807, 2.05) is 42.5 Å². The van der Waals surface area contributed by atoms with Crippen molar-refractivity contribution in [2.45, 2.75) is 12.8 Å². The number of hydrogen-bond acceptors (Lipinski definition) is 4. The first kappa shape index (κ1) is 16.5. The number of hydrogen-bond donors (Lipinski definition) is 2. The molecule has 0 saturated heterocycles. The molecule has 0 heterocycles. The molecule has 0 aliphatic carbocycles. The van der Waals surface area contributed by atoms with Gasteiger partial charge in [0.05, 0.1) is 13.7 Å². The van der Waals surface area contributed by atoms with Crippen LogP contribution in [0.1, 0.15) is 12.0 Å². The number of carbonyl (C=O) groups excluding carboxylic acids is 1. The zero-order valence-electron chi connectivity index (χ0n) is 13.2. The quantitative estimate of drug-likeness (QED) is 0.582. The molecular weight excluding hydrogens is 290 g/mol. The van der Waals surface area contributed by atoms with E-state index in [9.17, 15) is 4.79 Å². The Hall–Kier alpha value is -2.82. The minimum absolute atomic E-state index is 0.169. The second kappa shape index (κ2) is 9.25. The number of methoxy groups -OCH3 is 1. The van der Waals surface area contributed by atoms with Gasteiger partial charge in [0, 0.05) is 11.9 Å². The maximum absolute atomic E-state index is 11.7. The van der Waals surface area contributed by atoms with Crippen LogP contribution in [0.15, 0.2) is 59.7 Å². The summed E-state index contributed by atoms with van der Waals surface area (Å²) >= 11 is 0. The average Bonchev–Trinajstić information content (AvgIpc) is 2.61. The Morgan fingerprint density at radius 1 is 1.13 bits per heavy atom. The van der Waals surface area contributed by atoms with Gasteiger partial charge in [-0.2, -0.15) is 5.10 Å². The third-order valence-electron chi connectivity index (χ3n) is 3.23. The van der Waals surface area contributed by atoms with Crippen LogP contribution in [0.2, 0.25) is 0 Å². The first-order chi connectivity index (χ1) is 11.3. The van der Waals surface area contributed by atoms with Crippen molar-refractivity contribution in [2.24, 2.45) is 5.10 Å². The number of benzene rings is 2. The molecule has 120 valence electrons. The maximum atomic E-state index is 11.7. The lowest BCUT2D eigenvalue weighted by Gasteiger charge is -2.06. The van der Waals surface area contributed by atoms with E-state index >= 15 is 0 Å². The highest BCUT2D eigenvalue weighted by Gasteiger charge is 1.99. The first-order valence-corrected chi connectivity index (χ1v) is 7.50. The van der Waals surface area contributed by atoms with E-state index in [-0.39, 0.29) is 12.5 Å². The van der Waals surface area contributed by atoms with Gasteiger partial charge in [-0.15, -0.1) is 0 Å². The van der Waals surface area contributed by atoms with Crippen LogP contribution in [0.25, 0.3) is 0 Å². The summed E-state index contributed by atoms with van der Waals surface area (Å²) in [6.45, 7) is 0.169. The van der Waals surface area contributed by atoms with Gasteiger partial charge in [0.2, 0.25) is 0 Å². The standard InChI is InChI=1S/C18H21N3O2/c1-23-17-11-9-16(10-12-17)19-14-18(22)21-20-13-5-8-15-6-3-2-4-7-15/h2-4,6-7,9-13,19H,5,8,14H2,1H3,(H,21,22)/b20-13+. The predicted octanol–water partition coefficient (Wildman–Crippen LogP) is 2.84. The molecule has 5 heteroatoms. The Kier molecular flexibility index (Phi) is 6.65. The van der Waals surface area contributed by atoms with Crippen LogP contribution in [0.4, 0.5) is 5.69 Å². The molecule has 0 radical (unpaired) electrons. The summed E-state index contributed by atoms with van der Waals surface area (Å²) in [7, 11) is 1.62. The number of amides is 1. The lowest BCUT2D eigenvalue weighted by atomic mass is 10.1. The fourth-order valence-electron chi connectivity index (χ4n) is 1.99. The van der Waals surface area contributed by atoms with E-state index in [0.29, 0.717) is 0 Å². The lowest BCUT2D eigenvalue weighted by molar-refractivity contribution is -0.119. The fraction of sp³-hybridized carbons (Fsp3) is 0.222. The number of hydrazone groups is 1. The summed E-state index contributed by atoms with van der Waals surface area (Å²) in [4.78, 5) is 11.7. The molecule has 2 N–H and O–H groups in total. The van der Waals surface area contributed by atoms with Gasteiger partial charge in [0.25, 0.3) is 5.91 Å². The molecule has 0 saturated carbocycles. The first-order valence-electron chi connectivity index (χ1n) is 7.50. The molecule has 0 spiro atoms. The Balaban J connectivity index is 1.63. The van der Waals surface area contributed by atoms with Crippen LogP contribution in [0.3, 0.4) is 0 Å². The summed E-state index contributed by atoms with van der Waals surface area (Å²) in [5.74, 6) is 0.597. The summed E-state index contributed by atoms with van der Waals surface area (Å²) in [5.41, 5.74) is 4.62. The van der Waals surface area contributed by atoms with E-state index in [0.717, 1.165) is 24.3 Å². The molecule has 2 aromatic carbocycles. The maximum Gasteiger partial charge on any atom is 0.259 e. The molecule has 0 unspecified atom stereocenters. The molecule has 0 aliphatic rings. The number of nitrogens with one attached hydrogen (secondary N) is 2. The number of carbonyl (C=O) groups is 1. The molecule has 0 aromatic heterocycles. The van der Waals surface area contributed by atoms with Gasteiger partial charge >= 0.3 is 0 Å². The monoisotopic (exact) mass is 311 g/mol. The zero-order chi connectivity index (χ0) is 16.3. The van der Waals surface area contributed by atoms with E-state index in [2.05, 4.69) is 28.0 Å². The molecule has 1 amide bonds. The molecular formula is C18H21N3O2. The van der Waals surface area contributed by atoms with Gasteiger partial charge in [0.1, 0.15) is 5.75 Å². The van der Waals surface area contributed by atoms with Crippen LogP contribution < -0.4 is 15.5 Å². The number of ether oxygens (including phenoxy) is 1. The molecule has 23 heavy (non-hydrogen) atoms. The second-order valence-electron chi connectivity index (χ2n) is 4.95. The predicted molar refractivity (Wildman–Crippen MR) is 92.9 cm³/mol. The van der Waals surface area contributed by atoms with Gasteiger partial charge in [-0.1, -0.05) is 30.3 Å². The molecule has 0 atom stereocenters. The minimum atomic E-state index is -0.184. The highest BCUT2D eigenvalue weighted by molar-refractivity contribution is 5.81. The number of nitrogens with zero attached hydrogens (tertiary/aromatic N) is 1.